The summed E-state index contributed by atoms with van der Waals surface area (Å²) in [6.45, 7) is -0.767. The summed E-state index contributed by atoms with van der Waals surface area (Å²) in [5.74, 6) is -4.61. The fourth-order valence-corrected chi connectivity index (χ4v) is 2.96. The van der Waals surface area contributed by atoms with Gasteiger partial charge in [0.15, 0.2) is 11.9 Å². The van der Waals surface area contributed by atoms with E-state index in [2.05, 4.69) is 9.51 Å². The Morgan fingerprint density at radius 3 is 2.47 bits per heavy atom. The van der Waals surface area contributed by atoms with E-state index in [4.69, 9.17) is 30.5 Å². The molecular weight excluding hydrogens is 435 g/mol. The summed E-state index contributed by atoms with van der Waals surface area (Å²) in [5, 5.41) is 39.7. The number of aromatic nitrogens is 2. The molecule has 1 aliphatic heterocycles. The summed E-state index contributed by atoms with van der Waals surface area (Å²) in [5.41, 5.74) is 5.27. The molecule has 1 amide bonds. The van der Waals surface area contributed by atoms with Crippen molar-refractivity contribution in [1.82, 2.24) is 14.9 Å². The molecule has 0 aliphatic carbocycles. The minimum absolute atomic E-state index is 0.417. The number of nitrogens with one attached hydrogen (secondary N) is 1. The number of phosphoric ester groups is 1. The third-order valence-electron chi connectivity index (χ3n) is 4.05. The van der Waals surface area contributed by atoms with Gasteiger partial charge in [-0.15, -0.1) is 0 Å². The predicted octanol–water partition coefficient (Wildman–Crippen LogP) is -3.15. The van der Waals surface area contributed by atoms with Crippen molar-refractivity contribution in [2.45, 2.75) is 37.0 Å². The molecule has 1 aromatic heterocycles. The number of carbonyl (C=O) groups is 3. The Labute approximate surface area is 167 Å². The number of carbonyl (C=O) groups excluding carboxylic acids is 1. The Morgan fingerprint density at radius 2 is 1.93 bits per heavy atom. The number of nitrogen functional groups attached to an aromatic ring is 1. The minimum Gasteiger partial charge on any atom is -0.481 e. The third kappa shape index (κ3) is 5.51. The number of anilines is 1. The van der Waals surface area contributed by atoms with E-state index in [1.165, 1.54) is 0 Å². The van der Waals surface area contributed by atoms with Crippen LogP contribution in [0.25, 0.3) is 0 Å². The van der Waals surface area contributed by atoms with Gasteiger partial charge in [0, 0.05) is 0 Å². The van der Waals surface area contributed by atoms with Crippen LogP contribution in [0, 0.1) is 0 Å². The fourth-order valence-electron chi connectivity index (χ4n) is 2.62. The molecule has 0 aromatic carbocycles. The molecule has 9 N–H and O–H groups in total. The molecule has 1 saturated heterocycles. The van der Waals surface area contributed by atoms with Crippen LogP contribution in [0.2, 0.25) is 0 Å². The fraction of sp³-hybridized carbons (Fsp3) is 0.538. The number of amides is 1. The number of carboxylic acid groups (broad SMARTS) is 2. The lowest BCUT2D eigenvalue weighted by Crippen LogP contribution is -2.42. The Bertz CT molecular complexity index is 868. The van der Waals surface area contributed by atoms with E-state index in [9.17, 15) is 29.2 Å². The number of aliphatic hydroxyl groups excluding tert-OH is 2. The van der Waals surface area contributed by atoms with Gasteiger partial charge in [-0.2, -0.15) is 0 Å². The van der Waals surface area contributed by atoms with Gasteiger partial charge in [-0.3, -0.25) is 18.7 Å². The van der Waals surface area contributed by atoms with Crippen LogP contribution in [0.5, 0.6) is 0 Å². The number of aliphatic hydroxyl groups is 2. The van der Waals surface area contributed by atoms with Crippen molar-refractivity contribution in [1.29, 1.82) is 0 Å². The lowest BCUT2D eigenvalue weighted by Gasteiger charge is -2.18. The van der Waals surface area contributed by atoms with Crippen LogP contribution in [0.3, 0.4) is 0 Å². The van der Waals surface area contributed by atoms with Crippen LogP contribution in [-0.4, -0.2) is 88.6 Å². The van der Waals surface area contributed by atoms with E-state index in [0.717, 1.165) is 10.9 Å². The van der Waals surface area contributed by atoms with Crippen LogP contribution >= 0.6 is 7.82 Å². The molecule has 1 fully saturated rings. The van der Waals surface area contributed by atoms with Gasteiger partial charge in [0.05, 0.1) is 19.4 Å². The first kappa shape index (κ1) is 23.7. The second-order valence-corrected chi connectivity index (χ2v) is 7.42. The molecule has 5 unspecified atom stereocenters. The molecule has 16 nitrogen and oxygen atoms in total. The van der Waals surface area contributed by atoms with Gasteiger partial charge in [-0.25, -0.2) is 14.3 Å². The molecule has 0 radical (unpaired) electrons. The van der Waals surface area contributed by atoms with E-state index < -0.39 is 80.8 Å². The summed E-state index contributed by atoms with van der Waals surface area (Å²) >= 11 is 0. The van der Waals surface area contributed by atoms with Crippen molar-refractivity contribution in [2.75, 3.05) is 12.3 Å². The van der Waals surface area contributed by atoms with Crippen molar-refractivity contribution in [2.24, 2.45) is 0 Å². The predicted molar refractivity (Wildman–Crippen MR) is 91.7 cm³/mol. The number of nitrogens with two attached hydrogens (primary N) is 1. The van der Waals surface area contributed by atoms with Gasteiger partial charge < -0.3 is 46.0 Å². The number of rotatable bonds is 9. The van der Waals surface area contributed by atoms with E-state index in [0.29, 0.717) is 0 Å². The van der Waals surface area contributed by atoms with E-state index in [-0.39, 0.29) is 0 Å². The quantitative estimate of drug-likeness (QED) is 0.171. The number of hydrogen-bond acceptors (Lipinski definition) is 10. The highest BCUT2D eigenvalue weighted by Gasteiger charge is 2.45. The van der Waals surface area contributed by atoms with Crippen LogP contribution < -0.4 is 11.1 Å². The van der Waals surface area contributed by atoms with Crippen LogP contribution in [0.4, 0.5) is 5.82 Å². The lowest BCUT2D eigenvalue weighted by atomic mass is 10.1. The first-order chi connectivity index (χ1) is 13.8. The maximum absolute atomic E-state index is 12.2. The summed E-state index contributed by atoms with van der Waals surface area (Å²) in [6.07, 6.45) is -6.03. The Kier molecular flexibility index (Phi) is 7.14. The summed E-state index contributed by atoms with van der Waals surface area (Å²) < 4.78 is 21.2. The Balaban J connectivity index is 2.16. The Hall–Kier alpha value is -2.59. The number of phosphoric acid groups is 1. The van der Waals surface area contributed by atoms with Crippen molar-refractivity contribution in [3.05, 3.63) is 12.0 Å². The van der Waals surface area contributed by atoms with Crippen molar-refractivity contribution >= 4 is 31.5 Å². The van der Waals surface area contributed by atoms with Gasteiger partial charge in [0.25, 0.3) is 5.91 Å². The molecule has 2 heterocycles. The van der Waals surface area contributed by atoms with Gasteiger partial charge in [-0.05, 0) is 0 Å². The molecule has 0 spiro atoms. The SMILES string of the molecule is Nc1c(C(=O)NC(CC(=O)O)C(=O)O)ncn1C1OC(COP(=O)(O)O)C(O)C1O. The van der Waals surface area contributed by atoms with Crippen LogP contribution in [0.15, 0.2) is 6.33 Å². The minimum atomic E-state index is -4.87. The van der Waals surface area contributed by atoms with E-state index in [1.54, 1.807) is 0 Å². The maximum atomic E-state index is 12.2. The van der Waals surface area contributed by atoms with Crippen LogP contribution in [0.1, 0.15) is 23.1 Å². The van der Waals surface area contributed by atoms with Gasteiger partial charge in [0.1, 0.15) is 30.2 Å². The summed E-state index contributed by atoms with van der Waals surface area (Å²) in [4.78, 5) is 55.1. The Morgan fingerprint density at radius 1 is 1.30 bits per heavy atom. The topological polar surface area (TPSA) is 264 Å². The number of nitrogens with zero attached hydrogens (tertiary/aromatic N) is 2. The van der Waals surface area contributed by atoms with Crippen molar-refractivity contribution in [3.8, 4) is 0 Å². The average Bonchev–Trinajstić information content (AvgIpc) is 3.12. The maximum Gasteiger partial charge on any atom is 0.469 e. The highest BCUT2D eigenvalue weighted by molar-refractivity contribution is 7.46. The molecule has 2 rings (SSSR count). The molecule has 30 heavy (non-hydrogen) atoms. The van der Waals surface area contributed by atoms with Gasteiger partial charge in [0.2, 0.25) is 0 Å². The van der Waals surface area contributed by atoms with Gasteiger partial charge in [-0.1, -0.05) is 0 Å². The molecule has 5 atom stereocenters. The molecule has 0 saturated carbocycles. The number of aliphatic carboxylic acids is 2. The van der Waals surface area contributed by atoms with Crippen molar-refractivity contribution < 1.29 is 58.4 Å². The molecule has 17 heteroatoms. The smallest absolute Gasteiger partial charge is 0.469 e. The zero-order valence-electron chi connectivity index (χ0n) is 14.9. The molecule has 1 aliphatic rings. The average molecular weight is 454 g/mol. The molecule has 168 valence electrons. The lowest BCUT2D eigenvalue weighted by molar-refractivity contribution is -0.145. The number of carboxylic acids is 2. The summed E-state index contributed by atoms with van der Waals surface area (Å²) in [6, 6.07) is -1.76. The number of ether oxygens (including phenoxy) is 1. The second kappa shape index (κ2) is 9.05. The molecule has 0 bridgehead atoms. The highest BCUT2D eigenvalue weighted by atomic mass is 31.2. The zero-order valence-corrected chi connectivity index (χ0v) is 15.8. The normalized spacial score (nSPS) is 25.1. The number of imidazole rings is 1. The van der Waals surface area contributed by atoms with E-state index >= 15 is 0 Å². The first-order valence-corrected chi connectivity index (χ1v) is 9.64. The standard InChI is InChI=1S/C13H19N4O12P/c14-10-7(11(22)16-4(13(23)24)1-6(18)19)15-3-17(10)12-9(21)8(20)5(29-12)2-28-30(25,26)27/h3-5,8-9,12,20-21H,1-2,14H2,(H,16,22)(H,18,19)(H,23,24)(H2,25,26,27). The zero-order chi connectivity index (χ0) is 22.8. The second-order valence-electron chi connectivity index (χ2n) is 6.18. The highest BCUT2D eigenvalue weighted by Crippen LogP contribution is 2.38. The van der Waals surface area contributed by atoms with E-state index in [1.807, 2.05) is 5.32 Å². The third-order valence-corrected chi connectivity index (χ3v) is 4.53. The first-order valence-electron chi connectivity index (χ1n) is 8.11. The van der Waals surface area contributed by atoms with Crippen molar-refractivity contribution in [3.63, 3.8) is 0 Å². The van der Waals surface area contributed by atoms with Gasteiger partial charge >= 0.3 is 19.8 Å². The largest absolute Gasteiger partial charge is 0.481 e. The molecular formula is C13H19N4O12P. The summed E-state index contributed by atoms with van der Waals surface area (Å²) in [7, 11) is -4.87. The molecule has 1 aromatic rings. The van der Waals surface area contributed by atoms with Crippen LogP contribution in [-0.2, 0) is 23.4 Å². The number of hydrogen-bond donors (Lipinski definition) is 8. The monoisotopic (exact) mass is 454 g/mol.